The second-order valence-corrected chi connectivity index (χ2v) is 3.88. The van der Waals surface area contributed by atoms with Gasteiger partial charge in [-0.2, -0.15) is 0 Å². The first-order valence-electron chi connectivity index (χ1n) is 6.50. The molecule has 0 radical (unpaired) electrons. The van der Waals surface area contributed by atoms with Gasteiger partial charge in [-0.15, -0.1) is 0 Å². The van der Waals surface area contributed by atoms with Crippen molar-refractivity contribution >= 4 is 11.8 Å². The Bertz CT molecular complexity index is 248. The summed E-state index contributed by atoms with van der Waals surface area (Å²) in [6.45, 7) is 3.63. The summed E-state index contributed by atoms with van der Waals surface area (Å²) in [6, 6.07) is 0. The number of aliphatic hydroxyl groups excluding tert-OH is 1. The molecule has 0 saturated heterocycles. The van der Waals surface area contributed by atoms with Crippen LogP contribution in [-0.4, -0.2) is 63.0 Å². The van der Waals surface area contributed by atoms with Gasteiger partial charge in [-0.1, -0.05) is 13.3 Å². The maximum atomic E-state index is 11.2. The molecule has 0 aliphatic heterocycles. The normalized spacial score (nSPS) is 10.2. The lowest BCUT2D eigenvalue weighted by molar-refractivity contribution is -0.126. The number of amides is 2. The smallest absolute Gasteiger partial charge is 0.245 e. The number of rotatable bonds is 12. The van der Waals surface area contributed by atoms with Gasteiger partial charge in [0.1, 0.15) is 13.2 Å². The second kappa shape index (κ2) is 13.3. The highest BCUT2D eigenvalue weighted by atomic mass is 16.5. The number of hydrogen-bond acceptors (Lipinski definition) is 5. The number of carbonyl (C=O) groups excluding carboxylic acids is 2. The molecule has 19 heavy (non-hydrogen) atoms. The van der Waals surface area contributed by atoms with Crippen molar-refractivity contribution in [3.05, 3.63) is 0 Å². The number of unbranched alkanes of at least 4 members (excludes halogenated alkanes) is 1. The molecule has 0 aromatic carbocycles. The van der Waals surface area contributed by atoms with E-state index in [1.807, 2.05) is 0 Å². The molecule has 0 bridgehead atoms. The molecule has 0 unspecified atom stereocenters. The van der Waals surface area contributed by atoms with E-state index < -0.39 is 12.5 Å². The van der Waals surface area contributed by atoms with Gasteiger partial charge < -0.3 is 25.2 Å². The Morgan fingerprint density at radius 3 is 2.37 bits per heavy atom. The zero-order valence-corrected chi connectivity index (χ0v) is 11.4. The van der Waals surface area contributed by atoms with Crippen LogP contribution in [-0.2, 0) is 19.1 Å². The van der Waals surface area contributed by atoms with Crippen LogP contribution in [0, 0.1) is 0 Å². The third-order valence-electron chi connectivity index (χ3n) is 2.17. The minimum Gasteiger partial charge on any atom is -0.387 e. The van der Waals surface area contributed by atoms with Crippen molar-refractivity contribution in [2.75, 3.05) is 46.1 Å². The van der Waals surface area contributed by atoms with E-state index in [9.17, 15) is 9.59 Å². The molecule has 3 N–H and O–H groups in total. The summed E-state index contributed by atoms with van der Waals surface area (Å²) in [7, 11) is 0. The van der Waals surface area contributed by atoms with Crippen LogP contribution in [0.15, 0.2) is 0 Å². The van der Waals surface area contributed by atoms with E-state index in [2.05, 4.69) is 17.6 Å². The number of nitrogens with one attached hydrogen (secondary N) is 2. The molecule has 0 aromatic rings. The van der Waals surface area contributed by atoms with Gasteiger partial charge >= 0.3 is 0 Å². The minimum atomic E-state index is -0.518. The fourth-order valence-electron chi connectivity index (χ4n) is 1.16. The Morgan fingerprint density at radius 1 is 1.00 bits per heavy atom. The molecule has 0 rings (SSSR count). The molecule has 0 spiro atoms. The lowest BCUT2D eigenvalue weighted by Gasteiger charge is -2.07. The lowest BCUT2D eigenvalue weighted by atomic mass is 10.3. The predicted molar refractivity (Wildman–Crippen MR) is 69.7 cm³/mol. The maximum absolute atomic E-state index is 11.2. The molecule has 0 fully saturated rings. The average molecular weight is 276 g/mol. The van der Waals surface area contributed by atoms with Crippen molar-refractivity contribution in [3.63, 3.8) is 0 Å². The van der Waals surface area contributed by atoms with Gasteiger partial charge in [0.2, 0.25) is 11.8 Å². The van der Waals surface area contributed by atoms with E-state index in [0.29, 0.717) is 32.9 Å². The highest BCUT2D eigenvalue weighted by molar-refractivity contribution is 5.77. The van der Waals surface area contributed by atoms with Crippen LogP contribution in [0.5, 0.6) is 0 Å². The molecule has 0 heterocycles. The van der Waals surface area contributed by atoms with Crippen molar-refractivity contribution in [2.45, 2.75) is 19.8 Å². The Kier molecular flexibility index (Phi) is 12.4. The van der Waals surface area contributed by atoms with Gasteiger partial charge in [0.25, 0.3) is 0 Å². The molecule has 7 nitrogen and oxygen atoms in total. The summed E-state index contributed by atoms with van der Waals surface area (Å²) in [6.07, 6.45) is 2.01. The van der Waals surface area contributed by atoms with E-state index in [-0.39, 0.29) is 12.5 Å². The lowest BCUT2D eigenvalue weighted by Crippen LogP contribution is -2.30. The van der Waals surface area contributed by atoms with E-state index in [4.69, 9.17) is 14.6 Å². The van der Waals surface area contributed by atoms with Crippen LogP contribution >= 0.6 is 0 Å². The summed E-state index contributed by atoms with van der Waals surface area (Å²) in [4.78, 5) is 21.9. The number of ether oxygens (including phenoxy) is 2. The Balaban J connectivity index is 3.18. The van der Waals surface area contributed by atoms with E-state index in [0.717, 1.165) is 12.8 Å². The molecule has 0 saturated carbocycles. The predicted octanol–water partition coefficient (Wildman–Crippen LogP) is -0.956. The summed E-state index contributed by atoms with van der Waals surface area (Å²) in [5.41, 5.74) is 0. The molecule has 112 valence electrons. The highest BCUT2D eigenvalue weighted by Crippen LogP contribution is 1.83. The zero-order chi connectivity index (χ0) is 14.3. The summed E-state index contributed by atoms with van der Waals surface area (Å²) in [5, 5.41) is 13.6. The Hall–Kier alpha value is -1.18. The summed E-state index contributed by atoms with van der Waals surface area (Å²) >= 11 is 0. The van der Waals surface area contributed by atoms with Crippen molar-refractivity contribution in [1.82, 2.24) is 10.6 Å². The van der Waals surface area contributed by atoms with Crippen LogP contribution in [0.25, 0.3) is 0 Å². The van der Waals surface area contributed by atoms with Crippen LogP contribution in [0.4, 0.5) is 0 Å². The van der Waals surface area contributed by atoms with Crippen LogP contribution in [0.2, 0.25) is 0 Å². The SMILES string of the molecule is CCCCNC(=O)COCCOCCNC(=O)CO. The second-order valence-electron chi connectivity index (χ2n) is 3.88. The Labute approximate surface area is 113 Å². The van der Waals surface area contributed by atoms with Gasteiger partial charge in [-0.3, -0.25) is 9.59 Å². The van der Waals surface area contributed by atoms with Gasteiger partial charge in [0.15, 0.2) is 0 Å². The van der Waals surface area contributed by atoms with Crippen molar-refractivity contribution in [2.24, 2.45) is 0 Å². The molecule has 0 aliphatic carbocycles. The zero-order valence-electron chi connectivity index (χ0n) is 11.4. The van der Waals surface area contributed by atoms with Crippen molar-refractivity contribution in [3.8, 4) is 0 Å². The first-order valence-corrected chi connectivity index (χ1v) is 6.50. The third kappa shape index (κ3) is 13.1. The molecule has 0 atom stereocenters. The van der Waals surface area contributed by atoms with Crippen LogP contribution in [0.1, 0.15) is 19.8 Å². The van der Waals surface area contributed by atoms with Crippen LogP contribution in [0.3, 0.4) is 0 Å². The fourth-order valence-corrected chi connectivity index (χ4v) is 1.16. The number of carbonyl (C=O) groups is 2. The van der Waals surface area contributed by atoms with Gasteiger partial charge in [0.05, 0.1) is 19.8 Å². The standard InChI is InChI=1S/C12H24N2O5/c1-2-3-4-13-12(17)10-19-8-7-18-6-5-14-11(16)9-15/h15H,2-10H2,1H3,(H,13,17)(H,14,16). The quantitative estimate of drug-likeness (QED) is 0.399. The molecule has 0 aromatic heterocycles. The number of hydrogen-bond donors (Lipinski definition) is 3. The topological polar surface area (TPSA) is 96.9 Å². The molecule has 7 heteroatoms. The highest BCUT2D eigenvalue weighted by Gasteiger charge is 2.00. The van der Waals surface area contributed by atoms with Gasteiger partial charge in [0, 0.05) is 13.1 Å². The molecule has 2 amide bonds. The van der Waals surface area contributed by atoms with Crippen molar-refractivity contribution in [1.29, 1.82) is 0 Å². The third-order valence-corrected chi connectivity index (χ3v) is 2.17. The first kappa shape index (κ1) is 17.8. The Morgan fingerprint density at radius 2 is 1.68 bits per heavy atom. The van der Waals surface area contributed by atoms with Crippen molar-refractivity contribution < 1.29 is 24.2 Å². The summed E-state index contributed by atoms with van der Waals surface area (Å²) < 4.78 is 10.3. The minimum absolute atomic E-state index is 0.0360. The van der Waals surface area contributed by atoms with E-state index >= 15 is 0 Å². The first-order chi connectivity index (χ1) is 9.20. The molecular formula is C12H24N2O5. The van der Waals surface area contributed by atoms with E-state index in [1.54, 1.807) is 0 Å². The summed E-state index contributed by atoms with van der Waals surface area (Å²) in [5.74, 6) is -0.549. The van der Waals surface area contributed by atoms with Gasteiger partial charge in [-0.05, 0) is 6.42 Å². The molecular weight excluding hydrogens is 252 g/mol. The average Bonchev–Trinajstić information content (AvgIpc) is 2.41. The fraction of sp³-hybridized carbons (Fsp3) is 0.833. The monoisotopic (exact) mass is 276 g/mol. The van der Waals surface area contributed by atoms with Crippen LogP contribution < -0.4 is 10.6 Å². The van der Waals surface area contributed by atoms with E-state index in [1.165, 1.54) is 0 Å². The van der Waals surface area contributed by atoms with Gasteiger partial charge in [-0.25, -0.2) is 0 Å². The maximum Gasteiger partial charge on any atom is 0.245 e. The largest absolute Gasteiger partial charge is 0.387 e. The number of aliphatic hydroxyl groups is 1. The molecule has 0 aliphatic rings.